The van der Waals surface area contributed by atoms with E-state index in [9.17, 15) is 4.79 Å². The van der Waals surface area contributed by atoms with Crippen LogP contribution >= 0.6 is 0 Å². The normalized spacial score (nSPS) is 17.2. The highest BCUT2D eigenvalue weighted by Gasteiger charge is 2.27. The number of rotatable bonds is 6. The number of fused-ring (bicyclic) bond motifs is 1. The Labute approximate surface area is 171 Å². The lowest BCUT2D eigenvalue weighted by atomic mass is 9.90. The number of para-hydroxylation sites is 1. The first kappa shape index (κ1) is 19.4. The minimum absolute atomic E-state index is 0.00542. The van der Waals surface area contributed by atoms with Crippen molar-refractivity contribution >= 4 is 16.7 Å². The van der Waals surface area contributed by atoms with E-state index in [1.54, 1.807) is 14.2 Å². The van der Waals surface area contributed by atoms with Crippen LogP contribution < -0.4 is 9.47 Å². The van der Waals surface area contributed by atoms with Gasteiger partial charge in [0.25, 0.3) is 0 Å². The number of benzene rings is 2. The van der Waals surface area contributed by atoms with Crippen LogP contribution in [0.15, 0.2) is 54.6 Å². The summed E-state index contributed by atoms with van der Waals surface area (Å²) in [6, 6.07) is 17.5. The first-order valence-corrected chi connectivity index (χ1v) is 10.0. The largest absolute Gasteiger partial charge is 0.497 e. The Bertz CT molecular complexity index is 1020. The van der Waals surface area contributed by atoms with E-state index < -0.39 is 0 Å². The van der Waals surface area contributed by atoms with Gasteiger partial charge in [-0.05, 0) is 43.7 Å². The van der Waals surface area contributed by atoms with Crippen LogP contribution in [0, 0.1) is 5.92 Å². The molecule has 2 heterocycles. The van der Waals surface area contributed by atoms with Crippen molar-refractivity contribution in [2.45, 2.75) is 19.4 Å². The fourth-order valence-corrected chi connectivity index (χ4v) is 4.07. The molecule has 150 valence electrons. The van der Waals surface area contributed by atoms with E-state index >= 15 is 0 Å². The topological polar surface area (TPSA) is 51.7 Å². The Balaban J connectivity index is 1.48. The zero-order valence-corrected chi connectivity index (χ0v) is 16.9. The van der Waals surface area contributed by atoms with E-state index in [-0.39, 0.29) is 11.7 Å². The summed E-state index contributed by atoms with van der Waals surface area (Å²) < 4.78 is 10.7. The summed E-state index contributed by atoms with van der Waals surface area (Å²) in [6.45, 7) is 2.46. The van der Waals surface area contributed by atoms with Crippen molar-refractivity contribution in [1.29, 1.82) is 0 Å². The maximum Gasteiger partial charge on any atom is 0.167 e. The highest BCUT2D eigenvalue weighted by Crippen LogP contribution is 2.26. The third-order valence-corrected chi connectivity index (χ3v) is 5.58. The van der Waals surface area contributed by atoms with Gasteiger partial charge < -0.3 is 9.47 Å². The number of pyridine rings is 1. The SMILES string of the molecule is COc1cccc(C(=O)C2CCCN(Cc3ccc4cccc(OC)c4n3)C2)c1. The van der Waals surface area contributed by atoms with Crippen molar-refractivity contribution in [3.8, 4) is 11.5 Å². The van der Waals surface area contributed by atoms with Gasteiger partial charge in [-0.2, -0.15) is 0 Å². The molecule has 5 heteroatoms. The van der Waals surface area contributed by atoms with Crippen molar-refractivity contribution in [3.05, 3.63) is 65.9 Å². The number of carbonyl (C=O) groups is 1. The van der Waals surface area contributed by atoms with Crippen molar-refractivity contribution in [3.63, 3.8) is 0 Å². The van der Waals surface area contributed by atoms with Crippen LogP contribution in [-0.4, -0.2) is 43.0 Å². The summed E-state index contributed by atoms with van der Waals surface area (Å²) in [7, 11) is 3.29. The highest BCUT2D eigenvalue weighted by molar-refractivity contribution is 5.98. The molecule has 0 amide bonds. The Hall–Kier alpha value is -2.92. The maximum atomic E-state index is 13.0. The average Bonchev–Trinajstić information content (AvgIpc) is 2.78. The molecule has 1 aliphatic rings. The first-order valence-electron chi connectivity index (χ1n) is 10.0. The van der Waals surface area contributed by atoms with Gasteiger partial charge in [-0.25, -0.2) is 4.98 Å². The predicted molar refractivity (Wildman–Crippen MR) is 114 cm³/mol. The lowest BCUT2D eigenvalue weighted by Gasteiger charge is -2.31. The predicted octanol–water partition coefficient (Wildman–Crippen LogP) is 4.35. The zero-order valence-electron chi connectivity index (χ0n) is 16.9. The summed E-state index contributed by atoms with van der Waals surface area (Å²) in [4.78, 5) is 20.2. The summed E-state index contributed by atoms with van der Waals surface area (Å²) in [5.41, 5.74) is 2.61. The molecule has 0 radical (unpaired) electrons. The molecule has 1 aromatic heterocycles. The molecule has 0 bridgehead atoms. The molecule has 0 N–H and O–H groups in total. The third-order valence-electron chi connectivity index (χ3n) is 5.58. The monoisotopic (exact) mass is 390 g/mol. The van der Waals surface area contributed by atoms with Crippen LogP contribution in [0.3, 0.4) is 0 Å². The fraction of sp³-hybridized carbons (Fsp3) is 0.333. The average molecular weight is 390 g/mol. The molecule has 0 saturated carbocycles. The molecular weight excluding hydrogens is 364 g/mol. The smallest absolute Gasteiger partial charge is 0.167 e. The second kappa shape index (κ2) is 8.62. The minimum atomic E-state index is 0.00542. The minimum Gasteiger partial charge on any atom is -0.497 e. The second-order valence-electron chi connectivity index (χ2n) is 7.51. The van der Waals surface area contributed by atoms with Gasteiger partial charge in [0.2, 0.25) is 0 Å². The van der Waals surface area contributed by atoms with Crippen LogP contribution in [0.1, 0.15) is 28.9 Å². The van der Waals surface area contributed by atoms with E-state index in [0.717, 1.165) is 66.1 Å². The van der Waals surface area contributed by atoms with Crippen LogP contribution in [0.25, 0.3) is 10.9 Å². The second-order valence-corrected chi connectivity index (χ2v) is 7.51. The van der Waals surface area contributed by atoms with Crippen LogP contribution in [0.2, 0.25) is 0 Å². The van der Waals surface area contributed by atoms with Gasteiger partial charge in [-0.15, -0.1) is 0 Å². The Morgan fingerprint density at radius 1 is 1.10 bits per heavy atom. The van der Waals surface area contributed by atoms with E-state index in [1.807, 2.05) is 42.5 Å². The van der Waals surface area contributed by atoms with E-state index in [4.69, 9.17) is 14.5 Å². The number of aromatic nitrogens is 1. The van der Waals surface area contributed by atoms with Crippen molar-refractivity contribution in [2.75, 3.05) is 27.3 Å². The number of likely N-dealkylation sites (tertiary alicyclic amines) is 1. The molecule has 1 aliphatic heterocycles. The van der Waals surface area contributed by atoms with Gasteiger partial charge in [-0.1, -0.05) is 30.3 Å². The molecule has 1 fully saturated rings. The lowest BCUT2D eigenvalue weighted by molar-refractivity contribution is 0.0810. The Kier molecular flexibility index (Phi) is 5.76. The Morgan fingerprint density at radius 2 is 1.97 bits per heavy atom. The summed E-state index contributed by atoms with van der Waals surface area (Å²) >= 11 is 0. The quantitative estimate of drug-likeness (QED) is 0.586. The molecule has 2 aromatic carbocycles. The van der Waals surface area contributed by atoms with Crippen LogP contribution in [0.5, 0.6) is 11.5 Å². The summed E-state index contributed by atoms with van der Waals surface area (Å²) in [6.07, 6.45) is 1.93. The van der Waals surface area contributed by atoms with Gasteiger partial charge in [0.15, 0.2) is 5.78 Å². The van der Waals surface area contributed by atoms with Gasteiger partial charge in [0.05, 0.1) is 19.9 Å². The van der Waals surface area contributed by atoms with Crippen molar-refractivity contribution in [1.82, 2.24) is 9.88 Å². The van der Waals surface area contributed by atoms with E-state index in [2.05, 4.69) is 17.0 Å². The molecule has 5 nitrogen and oxygen atoms in total. The number of methoxy groups -OCH3 is 2. The Morgan fingerprint density at radius 3 is 2.79 bits per heavy atom. The first-order chi connectivity index (χ1) is 14.2. The highest BCUT2D eigenvalue weighted by atomic mass is 16.5. The number of ketones is 1. The van der Waals surface area contributed by atoms with Gasteiger partial charge in [0, 0.05) is 30.0 Å². The van der Waals surface area contributed by atoms with Gasteiger partial charge in [0.1, 0.15) is 17.0 Å². The molecule has 29 heavy (non-hydrogen) atoms. The number of ether oxygens (including phenoxy) is 2. The molecule has 3 aromatic rings. The standard InChI is InChI=1S/C24H26N2O3/c1-28-21-9-3-7-18(14-21)24(27)19-8-5-13-26(15-19)16-20-12-11-17-6-4-10-22(29-2)23(17)25-20/h3-4,6-7,9-12,14,19H,5,8,13,15-16H2,1-2H3. The third kappa shape index (κ3) is 4.25. The number of Topliss-reactive ketones (excluding diaryl/α,β-unsaturated/α-hetero) is 1. The fourth-order valence-electron chi connectivity index (χ4n) is 4.07. The number of piperidine rings is 1. The molecule has 0 aliphatic carbocycles. The van der Waals surface area contributed by atoms with E-state index in [1.165, 1.54) is 0 Å². The number of nitrogens with zero attached hydrogens (tertiary/aromatic N) is 2. The summed E-state index contributed by atoms with van der Waals surface area (Å²) in [5, 5.41) is 1.07. The molecular formula is C24H26N2O3. The van der Waals surface area contributed by atoms with Crippen LogP contribution in [-0.2, 0) is 6.54 Å². The molecule has 1 saturated heterocycles. The lowest BCUT2D eigenvalue weighted by Crippen LogP contribution is -2.38. The number of hydrogen-bond donors (Lipinski definition) is 0. The number of carbonyl (C=O) groups excluding carboxylic acids is 1. The number of hydrogen-bond acceptors (Lipinski definition) is 5. The van der Waals surface area contributed by atoms with Crippen LogP contribution in [0.4, 0.5) is 0 Å². The van der Waals surface area contributed by atoms with Crippen molar-refractivity contribution < 1.29 is 14.3 Å². The summed E-state index contributed by atoms with van der Waals surface area (Å²) in [5.74, 6) is 1.71. The maximum absolute atomic E-state index is 13.0. The van der Waals surface area contributed by atoms with Crippen molar-refractivity contribution in [2.24, 2.45) is 5.92 Å². The van der Waals surface area contributed by atoms with Gasteiger partial charge in [-0.3, -0.25) is 9.69 Å². The molecule has 0 spiro atoms. The van der Waals surface area contributed by atoms with Gasteiger partial charge >= 0.3 is 0 Å². The molecule has 1 atom stereocenters. The van der Waals surface area contributed by atoms with E-state index in [0.29, 0.717) is 0 Å². The molecule has 4 rings (SSSR count). The zero-order chi connectivity index (χ0) is 20.2. The molecule has 1 unspecified atom stereocenters.